The van der Waals surface area contributed by atoms with Gasteiger partial charge in [0.15, 0.2) is 5.16 Å². The number of aromatic nitrogens is 3. The lowest BCUT2D eigenvalue weighted by Crippen LogP contribution is -2.16. The van der Waals surface area contributed by atoms with Gasteiger partial charge in [0.2, 0.25) is 0 Å². The first-order valence-corrected chi connectivity index (χ1v) is 7.16. The molecule has 1 aliphatic rings. The molecule has 1 fully saturated rings. The van der Waals surface area contributed by atoms with Crippen LogP contribution in [0.5, 0.6) is 0 Å². The second-order valence-electron chi connectivity index (χ2n) is 4.62. The predicted molar refractivity (Wildman–Crippen MR) is 71.8 cm³/mol. The molecule has 1 aromatic carbocycles. The van der Waals surface area contributed by atoms with Crippen molar-refractivity contribution in [1.29, 1.82) is 5.26 Å². The van der Waals surface area contributed by atoms with E-state index in [0.717, 1.165) is 12.8 Å². The average Bonchev–Trinajstić information content (AvgIpc) is 3.22. The molecular weight excluding hydrogens is 279 g/mol. The summed E-state index contributed by atoms with van der Waals surface area (Å²) in [6.07, 6.45) is 1.95. The largest absolute Gasteiger partial charge is 0.344 e. The Bertz CT molecular complexity index is 742. The van der Waals surface area contributed by atoms with Crippen molar-refractivity contribution in [3.05, 3.63) is 45.6 Å². The molecule has 0 aliphatic heterocycles. The van der Waals surface area contributed by atoms with Gasteiger partial charge in [-0.15, -0.1) is 5.10 Å². The summed E-state index contributed by atoms with van der Waals surface area (Å²) in [5.74, 6) is -0.0226. The lowest BCUT2D eigenvalue weighted by Gasteiger charge is -2.05. The van der Waals surface area contributed by atoms with E-state index in [-0.39, 0.29) is 17.5 Å². The van der Waals surface area contributed by atoms with Gasteiger partial charge in [-0.3, -0.25) is 4.57 Å². The molecule has 0 spiro atoms. The maximum atomic E-state index is 13.7. The molecule has 1 aromatic heterocycles. The maximum Gasteiger partial charge on any atom is 0.344 e. The van der Waals surface area contributed by atoms with Crippen molar-refractivity contribution in [3.63, 3.8) is 0 Å². The Morgan fingerprint density at radius 1 is 1.55 bits per heavy atom. The van der Waals surface area contributed by atoms with E-state index < -0.39 is 0 Å². The molecule has 1 saturated carbocycles. The van der Waals surface area contributed by atoms with Crippen molar-refractivity contribution < 1.29 is 4.39 Å². The van der Waals surface area contributed by atoms with Gasteiger partial charge < -0.3 is 0 Å². The van der Waals surface area contributed by atoms with E-state index in [2.05, 4.69) is 10.2 Å². The number of hydrogen-bond acceptors (Lipinski definition) is 4. The Balaban J connectivity index is 1.80. The van der Waals surface area contributed by atoms with E-state index in [1.165, 1.54) is 30.0 Å². The molecule has 7 heteroatoms. The maximum absolute atomic E-state index is 13.7. The summed E-state index contributed by atoms with van der Waals surface area (Å²) < 4.78 is 15.3. The summed E-state index contributed by atoms with van der Waals surface area (Å²) in [7, 11) is 0. The third kappa shape index (κ3) is 2.47. The minimum atomic E-state index is -0.354. The van der Waals surface area contributed by atoms with E-state index in [1.54, 1.807) is 4.57 Å². The van der Waals surface area contributed by atoms with E-state index in [4.69, 9.17) is 5.26 Å². The van der Waals surface area contributed by atoms with Gasteiger partial charge >= 0.3 is 5.69 Å². The van der Waals surface area contributed by atoms with Crippen LogP contribution in [0.3, 0.4) is 0 Å². The lowest BCUT2D eigenvalue weighted by atomic mass is 10.1. The van der Waals surface area contributed by atoms with Gasteiger partial charge in [0, 0.05) is 11.8 Å². The Morgan fingerprint density at radius 3 is 3.05 bits per heavy atom. The number of hydrogen-bond donors (Lipinski definition) is 1. The molecule has 3 rings (SSSR count). The highest BCUT2D eigenvalue weighted by Crippen LogP contribution is 2.36. The van der Waals surface area contributed by atoms with Gasteiger partial charge in [0.05, 0.1) is 11.6 Å². The molecule has 2 aromatic rings. The number of rotatable bonds is 4. The Labute approximate surface area is 118 Å². The van der Waals surface area contributed by atoms with Crippen LogP contribution in [0.2, 0.25) is 0 Å². The molecule has 0 atom stereocenters. The van der Waals surface area contributed by atoms with Gasteiger partial charge in [-0.2, -0.15) is 5.26 Å². The summed E-state index contributed by atoms with van der Waals surface area (Å²) in [5.41, 5.74) is 0.636. The fraction of sp³-hybridized carbons (Fsp3) is 0.308. The number of thioether (sulfide) groups is 1. The molecule has 0 radical (unpaired) electrons. The molecule has 1 N–H and O–H groups in total. The van der Waals surface area contributed by atoms with Crippen LogP contribution in [0, 0.1) is 17.1 Å². The summed E-state index contributed by atoms with van der Waals surface area (Å²) in [5, 5.41) is 15.8. The van der Waals surface area contributed by atoms with Crippen molar-refractivity contribution in [3.8, 4) is 6.07 Å². The molecule has 1 heterocycles. The van der Waals surface area contributed by atoms with E-state index in [1.807, 2.05) is 6.07 Å². The highest BCUT2D eigenvalue weighted by Gasteiger charge is 2.28. The summed E-state index contributed by atoms with van der Waals surface area (Å²) >= 11 is 1.29. The minimum Gasteiger partial charge on any atom is -0.267 e. The molecular formula is C13H11FN4OS. The first-order valence-electron chi connectivity index (χ1n) is 6.17. The first kappa shape index (κ1) is 12.9. The molecule has 0 saturated heterocycles. The number of nitrogens with zero attached hydrogens (tertiary/aromatic N) is 3. The first-order chi connectivity index (χ1) is 9.69. The van der Waals surface area contributed by atoms with E-state index >= 15 is 0 Å². The zero-order valence-corrected chi connectivity index (χ0v) is 11.3. The molecule has 0 bridgehead atoms. The molecule has 1 aliphatic carbocycles. The van der Waals surface area contributed by atoms with Crippen LogP contribution in [-0.4, -0.2) is 14.8 Å². The van der Waals surface area contributed by atoms with Crippen molar-refractivity contribution in [2.24, 2.45) is 0 Å². The lowest BCUT2D eigenvalue weighted by molar-refractivity contribution is 0.616. The Kier molecular flexibility index (Phi) is 3.32. The van der Waals surface area contributed by atoms with Gasteiger partial charge in [-0.1, -0.05) is 11.8 Å². The Morgan fingerprint density at radius 2 is 2.35 bits per heavy atom. The smallest absolute Gasteiger partial charge is 0.267 e. The van der Waals surface area contributed by atoms with Gasteiger partial charge in [-0.05, 0) is 36.6 Å². The van der Waals surface area contributed by atoms with Gasteiger partial charge in [-0.25, -0.2) is 14.3 Å². The van der Waals surface area contributed by atoms with Gasteiger partial charge in [0.25, 0.3) is 0 Å². The molecule has 102 valence electrons. The third-order valence-electron chi connectivity index (χ3n) is 3.12. The van der Waals surface area contributed by atoms with E-state index in [9.17, 15) is 9.18 Å². The van der Waals surface area contributed by atoms with Crippen molar-refractivity contribution in [1.82, 2.24) is 14.8 Å². The third-order valence-corrected chi connectivity index (χ3v) is 4.12. The number of benzene rings is 1. The average molecular weight is 290 g/mol. The summed E-state index contributed by atoms with van der Waals surface area (Å²) in [6.45, 7) is 0. The zero-order chi connectivity index (χ0) is 14.1. The molecule has 0 amide bonds. The number of aromatic amines is 1. The topological polar surface area (TPSA) is 74.5 Å². The summed E-state index contributed by atoms with van der Waals surface area (Å²) in [4.78, 5) is 11.6. The fourth-order valence-corrected chi connectivity index (χ4v) is 2.93. The highest BCUT2D eigenvalue weighted by molar-refractivity contribution is 7.98. The van der Waals surface area contributed by atoms with Crippen LogP contribution in [0.15, 0.2) is 28.2 Å². The second kappa shape index (κ2) is 5.13. The van der Waals surface area contributed by atoms with Crippen LogP contribution < -0.4 is 5.69 Å². The van der Waals surface area contributed by atoms with Crippen molar-refractivity contribution in [2.45, 2.75) is 29.8 Å². The van der Waals surface area contributed by atoms with Crippen molar-refractivity contribution >= 4 is 11.8 Å². The second-order valence-corrected chi connectivity index (χ2v) is 5.56. The number of nitriles is 1. The van der Waals surface area contributed by atoms with Crippen LogP contribution >= 0.6 is 11.8 Å². The number of H-pyrrole nitrogens is 1. The molecule has 20 heavy (non-hydrogen) atoms. The van der Waals surface area contributed by atoms with Crippen molar-refractivity contribution in [2.75, 3.05) is 0 Å². The summed E-state index contributed by atoms with van der Waals surface area (Å²) in [6, 6.07) is 6.45. The highest BCUT2D eigenvalue weighted by atomic mass is 32.2. The molecule has 5 nitrogen and oxygen atoms in total. The van der Waals surface area contributed by atoms with Gasteiger partial charge in [0.1, 0.15) is 5.82 Å². The fourth-order valence-electron chi connectivity index (χ4n) is 1.94. The Hall–Kier alpha value is -2.07. The monoisotopic (exact) mass is 290 g/mol. The number of nitrogens with one attached hydrogen (secondary N) is 1. The zero-order valence-electron chi connectivity index (χ0n) is 10.5. The van der Waals surface area contributed by atoms with Crippen LogP contribution in [0.4, 0.5) is 4.39 Å². The molecule has 0 unspecified atom stereocenters. The van der Waals surface area contributed by atoms with Crippen LogP contribution in [-0.2, 0) is 5.75 Å². The standard InChI is InChI=1S/C13H11FN4OS/c14-11-4-1-8(6-15)5-9(11)7-20-13-17-16-12(19)18(13)10-2-3-10/h1,4-5,10H,2-3,7H2,(H,16,19). The van der Waals surface area contributed by atoms with Crippen LogP contribution in [0.1, 0.15) is 30.0 Å². The SMILES string of the molecule is N#Cc1ccc(F)c(CSc2n[nH]c(=O)n2C2CC2)c1. The quantitative estimate of drug-likeness (QED) is 0.876. The minimum absolute atomic E-state index is 0.221. The normalized spacial score (nSPS) is 14.2. The van der Waals surface area contributed by atoms with E-state index in [0.29, 0.717) is 22.0 Å². The van der Waals surface area contributed by atoms with Crippen LogP contribution in [0.25, 0.3) is 0 Å². The number of halogens is 1. The predicted octanol–water partition coefficient (Wildman–Crippen LogP) is 2.21.